The molecule has 1 aromatic carbocycles. The number of hydrogen-bond donors (Lipinski definition) is 1. The Labute approximate surface area is 161 Å². The van der Waals surface area contributed by atoms with Crippen LogP contribution in [0.5, 0.6) is 5.75 Å². The van der Waals surface area contributed by atoms with Gasteiger partial charge in [-0.25, -0.2) is 4.79 Å². The van der Waals surface area contributed by atoms with Crippen LogP contribution in [0.1, 0.15) is 93.2 Å². The first-order valence-corrected chi connectivity index (χ1v) is 9.91. The average Bonchev–Trinajstić information content (AvgIpc) is 2.54. The van der Waals surface area contributed by atoms with E-state index in [0.717, 1.165) is 12.8 Å². The zero-order valence-corrected chi connectivity index (χ0v) is 19.0. The third-order valence-electron chi connectivity index (χ3n) is 4.60. The summed E-state index contributed by atoms with van der Waals surface area (Å²) in [5.41, 5.74) is 1.70. The van der Waals surface area contributed by atoms with E-state index in [1.165, 1.54) is 11.1 Å². The van der Waals surface area contributed by atoms with Gasteiger partial charge >= 0.3 is 5.97 Å². The summed E-state index contributed by atoms with van der Waals surface area (Å²) >= 11 is 0. The van der Waals surface area contributed by atoms with E-state index >= 15 is 0 Å². The van der Waals surface area contributed by atoms with Crippen LogP contribution in [-0.2, 0) is 15.6 Å². The lowest BCUT2D eigenvalue weighted by molar-refractivity contribution is -0.141. The van der Waals surface area contributed by atoms with Crippen molar-refractivity contribution in [2.75, 3.05) is 7.05 Å². The molecule has 1 N–H and O–H groups in total. The van der Waals surface area contributed by atoms with Crippen molar-refractivity contribution in [3.05, 3.63) is 29.3 Å². The Morgan fingerprint density at radius 3 is 1.65 bits per heavy atom. The summed E-state index contributed by atoms with van der Waals surface area (Å²) in [6.07, 6.45) is 1.66. The number of likely N-dealkylation sites (N-methyl/N-ethyl adjacent to an activating group) is 1. The van der Waals surface area contributed by atoms with Gasteiger partial charge in [0.05, 0.1) is 0 Å². The average molecular weight is 364 g/mol. The molecule has 0 aromatic heterocycles. The van der Waals surface area contributed by atoms with Gasteiger partial charge in [0, 0.05) is 0 Å². The Kier molecular flexibility index (Phi) is 9.05. The van der Waals surface area contributed by atoms with E-state index in [1.807, 2.05) is 40.0 Å². The summed E-state index contributed by atoms with van der Waals surface area (Å²) in [5.74, 6) is 0.410. The summed E-state index contributed by atoms with van der Waals surface area (Å²) in [6, 6.07) is 6.21. The molecule has 0 aliphatic rings. The maximum Gasteiger partial charge on any atom is 0.331 e. The van der Waals surface area contributed by atoms with Crippen molar-refractivity contribution < 1.29 is 9.53 Å². The number of hydrogen-bond acceptors (Lipinski definition) is 3. The number of carbonyl (C=O) groups is 1. The van der Waals surface area contributed by atoms with Gasteiger partial charge in [0.1, 0.15) is 11.3 Å². The van der Waals surface area contributed by atoms with Crippen molar-refractivity contribution in [3.63, 3.8) is 0 Å². The summed E-state index contributed by atoms with van der Waals surface area (Å²) in [7, 11) is 1.81. The topological polar surface area (TPSA) is 38.3 Å². The Morgan fingerprint density at radius 2 is 1.35 bits per heavy atom. The molecule has 1 aromatic rings. The third kappa shape index (κ3) is 6.75. The van der Waals surface area contributed by atoms with Crippen LogP contribution in [0.15, 0.2) is 18.2 Å². The molecule has 0 bridgehead atoms. The zero-order valence-electron chi connectivity index (χ0n) is 19.0. The molecule has 0 heterocycles. The van der Waals surface area contributed by atoms with Gasteiger partial charge in [-0.1, -0.05) is 74.8 Å². The van der Waals surface area contributed by atoms with Crippen LogP contribution < -0.4 is 10.1 Å². The minimum atomic E-state index is -0.658. The summed E-state index contributed by atoms with van der Waals surface area (Å²) in [5, 5.41) is 3.11. The van der Waals surface area contributed by atoms with Crippen LogP contribution in [0.4, 0.5) is 0 Å². The highest BCUT2D eigenvalue weighted by molar-refractivity contribution is 5.82. The van der Waals surface area contributed by atoms with E-state index in [-0.39, 0.29) is 16.8 Å². The Morgan fingerprint density at radius 1 is 0.923 bits per heavy atom. The predicted octanol–water partition coefficient (Wildman–Crippen LogP) is 5.99. The lowest BCUT2D eigenvalue weighted by atomic mass is 9.80. The van der Waals surface area contributed by atoms with E-state index in [4.69, 9.17) is 4.74 Å². The second kappa shape index (κ2) is 9.55. The Bertz CT molecular complexity index is 547. The lowest BCUT2D eigenvalue weighted by Crippen LogP contribution is -2.49. The fraction of sp³-hybridized carbons (Fsp3) is 0.696. The Balaban J connectivity index is 0.00000301. The third-order valence-corrected chi connectivity index (χ3v) is 4.60. The van der Waals surface area contributed by atoms with E-state index in [2.05, 4.69) is 59.8 Å². The standard InChI is InChI=1S/C21H35NO2.C2H6/c1-10-11-21(8,22-9)18(23)24-17-13-15(19(2,3)4)12-16(14-17)20(5,6)7;1-2/h12-14,22H,10-11H2,1-9H3;1-2H3. The minimum absolute atomic E-state index is 0.00184. The molecule has 0 spiro atoms. The molecule has 1 rings (SSSR count). The molecule has 150 valence electrons. The van der Waals surface area contributed by atoms with Crippen molar-refractivity contribution >= 4 is 5.97 Å². The van der Waals surface area contributed by atoms with Gasteiger partial charge in [-0.3, -0.25) is 0 Å². The molecule has 0 saturated heterocycles. The van der Waals surface area contributed by atoms with E-state index < -0.39 is 5.54 Å². The SMILES string of the molecule is CC.CCCC(C)(NC)C(=O)Oc1cc(C(C)(C)C)cc(C(C)(C)C)c1. The van der Waals surface area contributed by atoms with Gasteiger partial charge in [0.2, 0.25) is 0 Å². The molecule has 0 aliphatic carbocycles. The summed E-state index contributed by atoms with van der Waals surface area (Å²) < 4.78 is 5.79. The molecule has 3 heteroatoms. The number of benzene rings is 1. The highest BCUT2D eigenvalue weighted by Gasteiger charge is 2.33. The van der Waals surface area contributed by atoms with Gasteiger partial charge in [-0.05, 0) is 54.5 Å². The molecular weight excluding hydrogens is 322 g/mol. The monoisotopic (exact) mass is 363 g/mol. The fourth-order valence-electron chi connectivity index (χ4n) is 2.57. The predicted molar refractivity (Wildman–Crippen MR) is 113 cm³/mol. The maximum atomic E-state index is 12.7. The zero-order chi connectivity index (χ0) is 20.8. The van der Waals surface area contributed by atoms with E-state index in [0.29, 0.717) is 5.75 Å². The van der Waals surface area contributed by atoms with Crippen molar-refractivity contribution in [1.29, 1.82) is 0 Å². The summed E-state index contributed by atoms with van der Waals surface area (Å²) in [4.78, 5) is 12.7. The van der Waals surface area contributed by atoms with Crippen LogP contribution in [0.25, 0.3) is 0 Å². The van der Waals surface area contributed by atoms with Crippen molar-refractivity contribution in [1.82, 2.24) is 5.32 Å². The normalized spacial score (nSPS) is 14.1. The number of carbonyl (C=O) groups excluding carboxylic acids is 1. The number of rotatable bonds is 5. The lowest BCUT2D eigenvalue weighted by Gasteiger charge is -2.28. The molecule has 3 nitrogen and oxygen atoms in total. The number of esters is 1. The van der Waals surface area contributed by atoms with E-state index in [1.54, 1.807) is 0 Å². The molecule has 0 saturated carbocycles. The number of nitrogens with one attached hydrogen (secondary N) is 1. The van der Waals surface area contributed by atoms with Gasteiger partial charge in [0.25, 0.3) is 0 Å². The second-order valence-electron chi connectivity index (χ2n) is 8.97. The smallest absolute Gasteiger partial charge is 0.331 e. The van der Waals surface area contributed by atoms with Gasteiger partial charge < -0.3 is 10.1 Å². The minimum Gasteiger partial charge on any atom is -0.425 e. The first-order valence-electron chi connectivity index (χ1n) is 9.91. The number of ether oxygens (including phenoxy) is 1. The first kappa shape index (κ1) is 24.7. The van der Waals surface area contributed by atoms with Gasteiger partial charge in [-0.15, -0.1) is 0 Å². The first-order chi connectivity index (χ1) is 11.8. The second-order valence-corrected chi connectivity index (χ2v) is 8.97. The molecule has 1 unspecified atom stereocenters. The quantitative estimate of drug-likeness (QED) is 0.515. The Hall–Kier alpha value is -1.35. The molecule has 1 atom stereocenters. The van der Waals surface area contributed by atoms with Crippen LogP contribution in [0.2, 0.25) is 0 Å². The van der Waals surface area contributed by atoms with Crippen molar-refractivity contribution in [2.24, 2.45) is 0 Å². The molecule has 26 heavy (non-hydrogen) atoms. The molecule has 0 aliphatic heterocycles. The summed E-state index contributed by atoms with van der Waals surface area (Å²) in [6.45, 7) is 21.0. The van der Waals surface area contributed by atoms with Crippen LogP contribution in [0.3, 0.4) is 0 Å². The van der Waals surface area contributed by atoms with Gasteiger partial charge in [0.15, 0.2) is 0 Å². The van der Waals surface area contributed by atoms with Crippen molar-refractivity contribution in [3.8, 4) is 5.75 Å². The molecular formula is C23H41NO2. The highest BCUT2D eigenvalue weighted by atomic mass is 16.5. The highest BCUT2D eigenvalue weighted by Crippen LogP contribution is 2.33. The van der Waals surface area contributed by atoms with Crippen molar-refractivity contribution in [2.45, 2.75) is 98.4 Å². The van der Waals surface area contributed by atoms with Crippen LogP contribution >= 0.6 is 0 Å². The molecule has 0 fully saturated rings. The van der Waals surface area contributed by atoms with Gasteiger partial charge in [-0.2, -0.15) is 0 Å². The van der Waals surface area contributed by atoms with Crippen LogP contribution in [0, 0.1) is 0 Å². The fourth-order valence-corrected chi connectivity index (χ4v) is 2.57. The molecule has 0 radical (unpaired) electrons. The largest absolute Gasteiger partial charge is 0.425 e. The van der Waals surface area contributed by atoms with E-state index in [9.17, 15) is 4.79 Å². The molecule has 0 amide bonds. The van der Waals surface area contributed by atoms with Crippen LogP contribution in [-0.4, -0.2) is 18.6 Å². The maximum absolute atomic E-state index is 12.7.